The maximum absolute atomic E-state index is 13.1. The highest BCUT2D eigenvalue weighted by Crippen LogP contribution is 2.26. The predicted molar refractivity (Wildman–Crippen MR) is 135 cm³/mol. The second-order valence-corrected chi connectivity index (χ2v) is 8.89. The molecule has 36 heavy (non-hydrogen) atoms. The smallest absolute Gasteiger partial charge is 0.252 e. The monoisotopic (exact) mass is 482 g/mol. The lowest BCUT2D eigenvalue weighted by Crippen LogP contribution is -2.42. The average Bonchev–Trinajstić information content (AvgIpc) is 3.36. The van der Waals surface area contributed by atoms with E-state index in [4.69, 9.17) is 10.2 Å². The van der Waals surface area contributed by atoms with Crippen LogP contribution in [0.25, 0.3) is 16.7 Å². The minimum Gasteiger partial charge on any atom is -0.341 e. The summed E-state index contributed by atoms with van der Waals surface area (Å²) < 4.78 is 3.36. The first kappa shape index (κ1) is 23.2. The van der Waals surface area contributed by atoms with E-state index in [9.17, 15) is 9.59 Å². The highest BCUT2D eigenvalue weighted by Gasteiger charge is 2.26. The minimum atomic E-state index is -0.154. The molecule has 4 aromatic rings. The van der Waals surface area contributed by atoms with Crippen LogP contribution in [-0.4, -0.2) is 48.2 Å². The van der Waals surface area contributed by atoms with Crippen molar-refractivity contribution < 1.29 is 4.79 Å². The van der Waals surface area contributed by atoms with E-state index >= 15 is 0 Å². The third kappa shape index (κ3) is 4.43. The van der Waals surface area contributed by atoms with Crippen LogP contribution in [0.4, 0.5) is 11.8 Å². The summed E-state index contributed by atoms with van der Waals surface area (Å²) in [6.07, 6.45) is 5.56. The summed E-state index contributed by atoms with van der Waals surface area (Å²) in [5, 5.41) is 17.6. The minimum absolute atomic E-state index is 0.0945. The Morgan fingerprint density at radius 3 is 2.94 bits per heavy atom. The second kappa shape index (κ2) is 9.62. The number of pyridine rings is 1. The lowest BCUT2D eigenvalue weighted by Gasteiger charge is -2.34. The van der Waals surface area contributed by atoms with Crippen LogP contribution in [0.2, 0.25) is 0 Å². The van der Waals surface area contributed by atoms with Crippen LogP contribution < -0.4 is 10.9 Å². The Kier molecular flexibility index (Phi) is 6.21. The zero-order valence-electron chi connectivity index (χ0n) is 20.2. The molecule has 0 aliphatic carbocycles. The molecule has 1 aromatic carbocycles. The van der Waals surface area contributed by atoms with Gasteiger partial charge in [0.1, 0.15) is 5.65 Å². The van der Waals surface area contributed by atoms with Crippen molar-refractivity contribution in [3.05, 3.63) is 70.3 Å². The first-order valence-corrected chi connectivity index (χ1v) is 12.0. The highest BCUT2D eigenvalue weighted by molar-refractivity contribution is 5.79. The van der Waals surface area contributed by atoms with E-state index in [1.807, 2.05) is 24.8 Å². The van der Waals surface area contributed by atoms with Crippen LogP contribution in [0, 0.1) is 18.3 Å². The third-order valence-electron chi connectivity index (χ3n) is 6.48. The van der Waals surface area contributed by atoms with Crippen LogP contribution >= 0.6 is 0 Å². The molecular weight excluding hydrogens is 456 g/mol. The maximum atomic E-state index is 13.1. The van der Waals surface area contributed by atoms with E-state index in [1.54, 1.807) is 52.0 Å². The van der Waals surface area contributed by atoms with Gasteiger partial charge in [0.05, 0.1) is 23.4 Å². The fourth-order valence-electron chi connectivity index (χ4n) is 4.67. The average molecular weight is 483 g/mol. The van der Waals surface area contributed by atoms with Crippen molar-refractivity contribution in [1.82, 2.24) is 29.2 Å². The SMILES string of the molecule is CCC(=O)N1CCC[C@@H](n2c(=O)cc(C)c3cnc(Nc4ccn(-c5cccc(C#N)c5)n4)nc32)C1. The Balaban J connectivity index is 1.48. The van der Waals surface area contributed by atoms with Crippen molar-refractivity contribution >= 4 is 28.7 Å². The molecule has 0 bridgehead atoms. The maximum Gasteiger partial charge on any atom is 0.252 e. The number of nitrogens with one attached hydrogen (secondary N) is 1. The predicted octanol–water partition coefficient (Wildman–Crippen LogP) is 3.47. The fraction of sp³-hybridized carbons (Fsp3) is 0.308. The van der Waals surface area contributed by atoms with Gasteiger partial charge < -0.3 is 10.2 Å². The van der Waals surface area contributed by atoms with E-state index < -0.39 is 0 Å². The van der Waals surface area contributed by atoms with Crippen molar-refractivity contribution in [2.24, 2.45) is 0 Å². The van der Waals surface area contributed by atoms with Crippen LogP contribution in [0.1, 0.15) is 43.4 Å². The van der Waals surface area contributed by atoms with Crippen molar-refractivity contribution in [2.75, 3.05) is 18.4 Å². The number of hydrogen-bond acceptors (Lipinski definition) is 7. The number of hydrogen-bond donors (Lipinski definition) is 1. The number of rotatable bonds is 5. The van der Waals surface area contributed by atoms with E-state index in [2.05, 4.69) is 21.5 Å². The molecule has 4 heterocycles. The summed E-state index contributed by atoms with van der Waals surface area (Å²) in [6.45, 7) is 4.93. The number of fused-ring (bicyclic) bond motifs is 1. The molecule has 3 aromatic heterocycles. The number of aromatic nitrogens is 5. The van der Waals surface area contributed by atoms with Crippen molar-refractivity contribution in [3.8, 4) is 11.8 Å². The molecule has 1 amide bonds. The first-order valence-electron chi connectivity index (χ1n) is 12.0. The van der Waals surface area contributed by atoms with Gasteiger partial charge in [-0.25, -0.2) is 9.67 Å². The van der Waals surface area contributed by atoms with Gasteiger partial charge in [-0.3, -0.25) is 14.2 Å². The van der Waals surface area contributed by atoms with Crippen molar-refractivity contribution in [2.45, 2.75) is 39.2 Å². The largest absolute Gasteiger partial charge is 0.341 e. The van der Waals surface area contributed by atoms with Gasteiger partial charge in [-0.15, -0.1) is 0 Å². The number of benzene rings is 1. The molecule has 0 radical (unpaired) electrons. The molecule has 5 rings (SSSR count). The molecule has 0 spiro atoms. The van der Waals surface area contributed by atoms with Crippen molar-refractivity contribution in [1.29, 1.82) is 5.26 Å². The van der Waals surface area contributed by atoms with E-state index in [0.717, 1.165) is 29.5 Å². The molecule has 10 nitrogen and oxygen atoms in total. The number of amides is 1. The molecule has 182 valence electrons. The van der Waals surface area contributed by atoms with Gasteiger partial charge in [0, 0.05) is 49.4 Å². The third-order valence-corrected chi connectivity index (χ3v) is 6.48. The van der Waals surface area contributed by atoms with Crippen molar-refractivity contribution in [3.63, 3.8) is 0 Å². The zero-order chi connectivity index (χ0) is 25.2. The van der Waals surface area contributed by atoms with Crippen LogP contribution in [0.5, 0.6) is 0 Å². The van der Waals surface area contributed by atoms with E-state index in [1.165, 1.54) is 0 Å². The van der Waals surface area contributed by atoms with Gasteiger partial charge in [-0.1, -0.05) is 13.0 Å². The summed E-state index contributed by atoms with van der Waals surface area (Å²) in [4.78, 5) is 36.4. The van der Waals surface area contributed by atoms with Gasteiger partial charge >= 0.3 is 0 Å². The van der Waals surface area contributed by atoms with Gasteiger partial charge in [-0.2, -0.15) is 15.3 Å². The molecule has 1 aliphatic rings. The Morgan fingerprint density at radius 2 is 2.14 bits per heavy atom. The fourth-order valence-corrected chi connectivity index (χ4v) is 4.67. The van der Waals surface area contributed by atoms with Gasteiger partial charge in [0.25, 0.3) is 5.56 Å². The molecular formula is C26H26N8O2. The normalized spacial score (nSPS) is 15.6. The highest BCUT2D eigenvalue weighted by atomic mass is 16.2. The molecule has 0 saturated carbocycles. The van der Waals surface area contributed by atoms with Gasteiger partial charge in [0.15, 0.2) is 5.82 Å². The zero-order valence-corrected chi connectivity index (χ0v) is 20.2. The van der Waals surface area contributed by atoms with Crippen LogP contribution in [-0.2, 0) is 4.79 Å². The van der Waals surface area contributed by atoms with E-state index in [0.29, 0.717) is 42.5 Å². The molecule has 1 aliphatic heterocycles. The van der Waals surface area contributed by atoms with E-state index in [-0.39, 0.29) is 17.5 Å². The summed E-state index contributed by atoms with van der Waals surface area (Å²) in [5.41, 5.74) is 2.51. The number of nitriles is 1. The number of carbonyl (C=O) groups excluding carboxylic acids is 1. The Hall–Kier alpha value is -4.52. The Bertz CT molecular complexity index is 1550. The summed E-state index contributed by atoms with van der Waals surface area (Å²) >= 11 is 0. The summed E-state index contributed by atoms with van der Waals surface area (Å²) in [7, 11) is 0. The van der Waals surface area contributed by atoms with Gasteiger partial charge in [-0.05, 0) is 43.5 Å². The summed E-state index contributed by atoms with van der Waals surface area (Å²) in [5.74, 6) is 0.933. The first-order chi connectivity index (χ1) is 17.5. The molecule has 1 N–H and O–H groups in total. The van der Waals surface area contributed by atoms with Gasteiger partial charge in [0.2, 0.25) is 11.9 Å². The quantitative estimate of drug-likeness (QED) is 0.462. The topological polar surface area (TPSA) is 122 Å². The molecule has 1 saturated heterocycles. The van der Waals surface area contributed by atoms with Crippen LogP contribution in [0.15, 0.2) is 53.6 Å². The summed E-state index contributed by atoms with van der Waals surface area (Å²) in [6, 6.07) is 12.5. The standard InChI is InChI=1S/C26H26N8O2/c1-3-23(35)32-10-5-8-20(16-32)34-24(36)12-17(2)21-15-28-26(30-25(21)34)29-22-9-11-33(31-22)19-7-4-6-18(13-19)14-27/h4,6-7,9,11-13,15,20H,3,5,8,10,16H2,1-2H3,(H,28,29,30,31)/t20-/m1/s1. The number of carbonyl (C=O) groups is 1. The Morgan fingerprint density at radius 1 is 1.28 bits per heavy atom. The molecule has 0 unspecified atom stereocenters. The number of aryl methyl sites for hydroxylation is 1. The molecule has 1 fully saturated rings. The number of nitrogens with zero attached hydrogens (tertiary/aromatic N) is 7. The Labute approximate surface area is 207 Å². The molecule has 10 heteroatoms. The second-order valence-electron chi connectivity index (χ2n) is 8.89. The number of anilines is 2. The number of piperidine rings is 1. The number of likely N-dealkylation sites (tertiary alicyclic amines) is 1. The molecule has 1 atom stereocenters. The lowest BCUT2D eigenvalue weighted by molar-refractivity contribution is -0.132. The van der Waals surface area contributed by atoms with Crippen LogP contribution in [0.3, 0.4) is 0 Å². The lowest BCUT2D eigenvalue weighted by atomic mass is 10.0.